The van der Waals surface area contributed by atoms with E-state index in [1.165, 1.54) is 31.9 Å². The molecule has 0 aromatic heterocycles. The van der Waals surface area contributed by atoms with Crippen molar-refractivity contribution in [3.8, 4) is 5.75 Å². The molecule has 0 saturated heterocycles. The van der Waals surface area contributed by atoms with Gasteiger partial charge in [0.25, 0.3) is 0 Å². The van der Waals surface area contributed by atoms with E-state index in [0.717, 1.165) is 18.4 Å². The number of halogens is 3. The molecular formula is C12H15BF3O-. The van der Waals surface area contributed by atoms with E-state index in [4.69, 9.17) is 4.74 Å². The van der Waals surface area contributed by atoms with Crippen molar-refractivity contribution in [2.75, 3.05) is 6.61 Å². The van der Waals surface area contributed by atoms with Gasteiger partial charge in [-0.2, -0.15) is 0 Å². The highest BCUT2D eigenvalue weighted by Gasteiger charge is 2.27. The summed E-state index contributed by atoms with van der Waals surface area (Å²) in [5.41, 5.74) is -0.291. The van der Waals surface area contributed by atoms with Gasteiger partial charge < -0.3 is 17.7 Å². The van der Waals surface area contributed by atoms with Gasteiger partial charge >= 0.3 is 6.98 Å². The van der Waals surface area contributed by atoms with Gasteiger partial charge in [0.2, 0.25) is 0 Å². The zero-order chi connectivity index (χ0) is 12.5. The Morgan fingerprint density at radius 2 is 2.00 bits per heavy atom. The van der Waals surface area contributed by atoms with Crippen molar-refractivity contribution < 1.29 is 17.7 Å². The topological polar surface area (TPSA) is 9.23 Å². The average Bonchev–Trinajstić information content (AvgIpc) is 2.99. The van der Waals surface area contributed by atoms with Gasteiger partial charge in [-0.25, -0.2) is 0 Å². The van der Waals surface area contributed by atoms with Crippen LogP contribution in [0.3, 0.4) is 0 Å². The zero-order valence-electron chi connectivity index (χ0n) is 9.76. The Morgan fingerprint density at radius 3 is 2.53 bits per heavy atom. The van der Waals surface area contributed by atoms with Crippen molar-refractivity contribution in [1.82, 2.24) is 0 Å². The van der Waals surface area contributed by atoms with Crippen LogP contribution in [0.2, 0.25) is 0 Å². The van der Waals surface area contributed by atoms with Crippen molar-refractivity contribution in [2.24, 2.45) is 5.92 Å². The maximum atomic E-state index is 12.6. The normalized spacial score (nSPS) is 16.0. The van der Waals surface area contributed by atoms with Crippen LogP contribution in [0.1, 0.15) is 24.8 Å². The van der Waals surface area contributed by atoms with Gasteiger partial charge in [-0.15, -0.1) is 5.46 Å². The highest BCUT2D eigenvalue weighted by atomic mass is 19.4. The van der Waals surface area contributed by atoms with Crippen LogP contribution < -0.4 is 10.2 Å². The third kappa shape index (κ3) is 3.41. The molecule has 1 aromatic rings. The summed E-state index contributed by atoms with van der Waals surface area (Å²) in [7, 11) is 0. The third-order valence-electron chi connectivity index (χ3n) is 3.09. The molecule has 94 valence electrons. The van der Waals surface area contributed by atoms with E-state index < -0.39 is 12.4 Å². The Labute approximate surface area is 99.0 Å². The molecule has 1 aliphatic carbocycles. The Morgan fingerprint density at radius 1 is 1.29 bits per heavy atom. The number of benzene rings is 1. The van der Waals surface area contributed by atoms with Gasteiger partial charge in [-0.05, 0) is 31.4 Å². The minimum absolute atomic E-state index is 0.237. The molecule has 2 rings (SSSR count). The van der Waals surface area contributed by atoms with Gasteiger partial charge in [-0.1, -0.05) is 24.5 Å². The summed E-state index contributed by atoms with van der Waals surface area (Å²) < 4.78 is 43.1. The maximum Gasteiger partial charge on any atom is 0.509 e. The fourth-order valence-corrected chi connectivity index (χ4v) is 1.86. The summed E-state index contributed by atoms with van der Waals surface area (Å²) in [6.45, 7) is -2.85. The van der Waals surface area contributed by atoms with E-state index in [1.807, 2.05) is 0 Å². The number of rotatable bonds is 5. The highest BCUT2D eigenvalue weighted by Crippen LogP contribution is 2.32. The molecule has 1 nitrogen and oxygen atoms in total. The van der Waals surface area contributed by atoms with E-state index in [9.17, 15) is 12.9 Å². The Hall–Kier alpha value is -1.13. The predicted octanol–water partition coefficient (Wildman–Crippen LogP) is 3.23. The van der Waals surface area contributed by atoms with E-state index in [2.05, 4.69) is 0 Å². The molecule has 17 heavy (non-hydrogen) atoms. The van der Waals surface area contributed by atoms with Crippen molar-refractivity contribution >= 4 is 12.4 Å². The van der Waals surface area contributed by atoms with Crippen LogP contribution in [0.4, 0.5) is 12.9 Å². The molecule has 0 spiro atoms. The second kappa shape index (κ2) is 4.63. The summed E-state index contributed by atoms with van der Waals surface area (Å²) in [4.78, 5) is 0. The molecule has 0 radical (unpaired) electrons. The lowest BCUT2D eigenvalue weighted by Gasteiger charge is -2.18. The second-order valence-electron chi connectivity index (χ2n) is 4.67. The summed E-state index contributed by atoms with van der Waals surface area (Å²) in [6, 6.07) is 3.99. The monoisotopic (exact) mass is 243 g/mol. The fraction of sp³-hybridized carbons (Fsp3) is 0.500. The fourth-order valence-electron chi connectivity index (χ4n) is 1.86. The number of ether oxygens (including phenoxy) is 1. The smallest absolute Gasteiger partial charge is 0.494 e. The van der Waals surface area contributed by atoms with Crippen LogP contribution in [-0.4, -0.2) is 13.6 Å². The summed E-state index contributed by atoms with van der Waals surface area (Å²) in [6.07, 6.45) is 3.53. The van der Waals surface area contributed by atoms with Crippen LogP contribution in [0, 0.1) is 12.8 Å². The molecule has 0 unspecified atom stereocenters. The van der Waals surface area contributed by atoms with Crippen molar-refractivity contribution in [3.63, 3.8) is 0 Å². The molecule has 0 heterocycles. The van der Waals surface area contributed by atoms with Crippen molar-refractivity contribution in [1.29, 1.82) is 0 Å². The molecule has 1 aromatic carbocycles. The van der Waals surface area contributed by atoms with Crippen molar-refractivity contribution in [3.05, 3.63) is 23.8 Å². The average molecular weight is 243 g/mol. The third-order valence-corrected chi connectivity index (χ3v) is 3.09. The SMILES string of the molecule is Cc1cc(OCCC2CC2)ccc1[B-](F)(F)F. The molecule has 5 heteroatoms. The van der Waals surface area contributed by atoms with Crippen LogP contribution >= 0.6 is 0 Å². The van der Waals surface area contributed by atoms with Crippen LogP contribution in [0.5, 0.6) is 5.75 Å². The molecular weight excluding hydrogens is 228 g/mol. The second-order valence-corrected chi connectivity index (χ2v) is 4.67. The quantitative estimate of drug-likeness (QED) is 0.721. The predicted molar refractivity (Wildman–Crippen MR) is 62.7 cm³/mol. The van der Waals surface area contributed by atoms with Gasteiger partial charge in [0, 0.05) is 0 Å². The number of hydrogen-bond donors (Lipinski definition) is 0. The molecule has 0 amide bonds. The lowest BCUT2D eigenvalue weighted by atomic mass is 9.77. The Bertz CT molecular complexity index is 399. The maximum absolute atomic E-state index is 12.6. The summed E-state index contributed by atoms with van der Waals surface area (Å²) >= 11 is 0. The molecule has 0 bridgehead atoms. The van der Waals surface area contributed by atoms with E-state index in [1.54, 1.807) is 0 Å². The lowest BCUT2D eigenvalue weighted by Crippen LogP contribution is -2.35. The van der Waals surface area contributed by atoms with Crippen LogP contribution in [-0.2, 0) is 0 Å². The minimum Gasteiger partial charge on any atom is -0.494 e. The van der Waals surface area contributed by atoms with Crippen molar-refractivity contribution in [2.45, 2.75) is 26.2 Å². The first-order valence-corrected chi connectivity index (χ1v) is 5.90. The van der Waals surface area contributed by atoms with Gasteiger partial charge in [-0.3, -0.25) is 0 Å². The molecule has 0 atom stereocenters. The molecule has 0 N–H and O–H groups in total. The standard InChI is InChI=1S/C12H15BF3O/c1-9-8-11(17-7-6-10-2-3-10)4-5-12(9)13(14,15)16/h4-5,8,10H,2-3,6-7H2,1H3/q-1. The van der Waals surface area contributed by atoms with E-state index >= 15 is 0 Å². The molecule has 1 fully saturated rings. The molecule has 0 aliphatic heterocycles. The Balaban J connectivity index is 1.97. The summed E-state index contributed by atoms with van der Waals surface area (Å²) in [5.74, 6) is 1.31. The first kappa shape index (κ1) is 12.3. The first-order chi connectivity index (χ1) is 7.97. The minimum atomic E-state index is -4.92. The van der Waals surface area contributed by atoms with Gasteiger partial charge in [0.15, 0.2) is 0 Å². The van der Waals surface area contributed by atoms with Crippen LogP contribution in [0.15, 0.2) is 18.2 Å². The highest BCUT2D eigenvalue weighted by molar-refractivity contribution is 6.74. The van der Waals surface area contributed by atoms with Crippen LogP contribution in [0.25, 0.3) is 0 Å². The van der Waals surface area contributed by atoms with Gasteiger partial charge in [0.05, 0.1) is 6.61 Å². The van der Waals surface area contributed by atoms with E-state index in [-0.39, 0.29) is 5.56 Å². The zero-order valence-corrected chi connectivity index (χ0v) is 9.76. The Kier molecular flexibility index (Phi) is 3.36. The summed E-state index contributed by atoms with van der Waals surface area (Å²) in [5, 5.41) is 0. The van der Waals surface area contributed by atoms with Gasteiger partial charge in [0.1, 0.15) is 5.75 Å². The van der Waals surface area contributed by atoms with E-state index in [0.29, 0.717) is 12.4 Å². The first-order valence-electron chi connectivity index (χ1n) is 5.90. The number of aryl methyl sites for hydroxylation is 1. The molecule has 1 aliphatic rings. The largest absolute Gasteiger partial charge is 0.509 e. The lowest BCUT2D eigenvalue weighted by molar-refractivity contribution is 0.302. The molecule has 1 saturated carbocycles. The number of hydrogen-bond acceptors (Lipinski definition) is 1.